The number of carboxylic acids is 1. The van der Waals surface area contributed by atoms with Gasteiger partial charge in [-0.1, -0.05) is 26.0 Å². The summed E-state index contributed by atoms with van der Waals surface area (Å²) in [6.45, 7) is 7.77. The number of benzene rings is 1. The molecule has 88 valence electrons. The first-order valence-corrected chi connectivity index (χ1v) is 5.48. The Morgan fingerprint density at radius 2 is 1.94 bits per heavy atom. The Bertz CT molecular complexity index is 386. The molecule has 0 amide bonds. The molecule has 3 heteroatoms. The second-order valence-electron chi connectivity index (χ2n) is 4.52. The quantitative estimate of drug-likeness (QED) is 0.822. The van der Waals surface area contributed by atoms with Crippen molar-refractivity contribution < 1.29 is 9.90 Å². The lowest BCUT2D eigenvalue weighted by atomic mass is 10.0. The number of nitrogens with one attached hydrogen (secondary N) is 1. The molecule has 0 saturated carbocycles. The van der Waals surface area contributed by atoms with Crippen LogP contribution in [0.4, 0.5) is 5.69 Å². The molecule has 0 spiro atoms. The van der Waals surface area contributed by atoms with Crippen molar-refractivity contribution in [1.29, 1.82) is 0 Å². The van der Waals surface area contributed by atoms with Gasteiger partial charge in [0, 0.05) is 5.69 Å². The van der Waals surface area contributed by atoms with E-state index in [0.717, 1.165) is 16.8 Å². The third-order valence-corrected chi connectivity index (χ3v) is 2.64. The molecule has 0 aliphatic heterocycles. The van der Waals surface area contributed by atoms with Gasteiger partial charge in [0.25, 0.3) is 0 Å². The monoisotopic (exact) mass is 221 g/mol. The Morgan fingerprint density at radius 1 is 1.31 bits per heavy atom. The third kappa shape index (κ3) is 2.99. The van der Waals surface area contributed by atoms with E-state index in [1.165, 1.54) is 0 Å². The van der Waals surface area contributed by atoms with Crippen LogP contribution >= 0.6 is 0 Å². The minimum Gasteiger partial charge on any atom is -0.480 e. The summed E-state index contributed by atoms with van der Waals surface area (Å²) in [5.74, 6) is -0.756. The zero-order chi connectivity index (χ0) is 12.3. The predicted molar refractivity (Wildman–Crippen MR) is 65.8 cm³/mol. The lowest BCUT2D eigenvalue weighted by molar-refractivity contribution is -0.138. The second kappa shape index (κ2) is 5.01. The van der Waals surface area contributed by atoms with Crippen LogP contribution in [0, 0.1) is 19.8 Å². The molecule has 1 aromatic rings. The van der Waals surface area contributed by atoms with E-state index in [0.29, 0.717) is 0 Å². The molecule has 2 N–H and O–H groups in total. The first-order chi connectivity index (χ1) is 7.41. The minimum atomic E-state index is -0.809. The fourth-order valence-corrected chi connectivity index (χ4v) is 1.57. The molecule has 0 saturated heterocycles. The Labute approximate surface area is 96.5 Å². The first-order valence-electron chi connectivity index (χ1n) is 5.48. The van der Waals surface area contributed by atoms with Gasteiger partial charge in [-0.15, -0.1) is 0 Å². The standard InChI is InChI=1S/C13H19NO2/c1-8(2)12(13(15)16)14-11-7-9(3)5-6-10(11)4/h5-8,12,14H,1-4H3,(H,15,16). The average Bonchev–Trinajstić information content (AvgIpc) is 2.18. The highest BCUT2D eigenvalue weighted by Gasteiger charge is 2.21. The van der Waals surface area contributed by atoms with Crippen molar-refractivity contribution in [2.24, 2.45) is 5.92 Å². The summed E-state index contributed by atoms with van der Waals surface area (Å²) in [6.07, 6.45) is 0. The molecule has 1 unspecified atom stereocenters. The number of carbonyl (C=O) groups is 1. The molecule has 3 nitrogen and oxygen atoms in total. The Hall–Kier alpha value is -1.51. The first kappa shape index (κ1) is 12.6. The van der Waals surface area contributed by atoms with Gasteiger partial charge in [0.05, 0.1) is 0 Å². The van der Waals surface area contributed by atoms with E-state index in [-0.39, 0.29) is 5.92 Å². The van der Waals surface area contributed by atoms with Crippen molar-refractivity contribution in [3.8, 4) is 0 Å². The van der Waals surface area contributed by atoms with Crippen LogP contribution < -0.4 is 5.32 Å². The molecule has 1 aromatic carbocycles. The number of hydrogen-bond acceptors (Lipinski definition) is 2. The van der Waals surface area contributed by atoms with E-state index >= 15 is 0 Å². The number of anilines is 1. The third-order valence-electron chi connectivity index (χ3n) is 2.64. The van der Waals surface area contributed by atoms with Gasteiger partial charge in [0.2, 0.25) is 0 Å². The zero-order valence-corrected chi connectivity index (χ0v) is 10.2. The summed E-state index contributed by atoms with van der Waals surface area (Å²) < 4.78 is 0. The highest BCUT2D eigenvalue weighted by molar-refractivity contribution is 5.78. The lowest BCUT2D eigenvalue weighted by Crippen LogP contribution is -2.34. The highest BCUT2D eigenvalue weighted by Crippen LogP contribution is 2.19. The van der Waals surface area contributed by atoms with E-state index in [4.69, 9.17) is 5.11 Å². The van der Waals surface area contributed by atoms with E-state index in [2.05, 4.69) is 5.32 Å². The molecular formula is C13H19NO2. The summed E-state index contributed by atoms with van der Waals surface area (Å²) >= 11 is 0. The van der Waals surface area contributed by atoms with Crippen molar-refractivity contribution >= 4 is 11.7 Å². The SMILES string of the molecule is Cc1ccc(C)c(NC(C(=O)O)C(C)C)c1. The molecule has 0 heterocycles. The molecular weight excluding hydrogens is 202 g/mol. The largest absolute Gasteiger partial charge is 0.480 e. The minimum absolute atomic E-state index is 0.0532. The summed E-state index contributed by atoms with van der Waals surface area (Å²) in [5, 5.41) is 12.2. The molecule has 16 heavy (non-hydrogen) atoms. The molecule has 0 aliphatic rings. The van der Waals surface area contributed by atoms with Gasteiger partial charge in [-0.05, 0) is 37.0 Å². The van der Waals surface area contributed by atoms with Gasteiger partial charge in [-0.3, -0.25) is 0 Å². The number of rotatable bonds is 4. The summed E-state index contributed by atoms with van der Waals surface area (Å²) in [7, 11) is 0. The number of hydrogen-bond donors (Lipinski definition) is 2. The van der Waals surface area contributed by atoms with Crippen LogP contribution in [-0.4, -0.2) is 17.1 Å². The Kier molecular flexibility index (Phi) is 3.93. The maximum Gasteiger partial charge on any atom is 0.326 e. The van der Waals surface area contributed by atoms with Gasteiger partial charge in [-0.25, -0.2) is 4.79 Å². The van der Waals surface area contributed by atoms with Gasteiger partial charge < -0.3 is 10.4 Å². The van der Waals surface area contributed by atoms with Crippen molar-refractivity contribution in [3.05, 3.63) is 29.3 Å². The number of carboxylic acid groups (broad SMARTS) is 1. The molecule has 1 atom stereocenters. The topological polar surface area (TPSA) is 49.3 Å². The van der Waals surface area contributed by atoms with E-state index in [1.807, 2.05) is 45.9 Å². The van der Waals surface area contributed by atoms with Crippen LogP contribution in [0.1, 0.15) is 25.0 Å². The van der Waals surface area contributed by atoms with Crippen LogP contribution in [0.15, 0.2) is 18.2 Å². The smallest absolute Gasteiger partial charge is 0.326 e. The molecule has 0 bridgehead atoms. The lowest BCUT2D eigenvalue weighted by Gasteiger charge is -2.20. The maximum absolute atomic E-state index is 11.1. The van der Waals surface area contributed by atoms with Crippen LogP contribution in [0.2, 0.25) is 0 Å². The van der Waals surface area contributed by atoms with Gasteiger partial charge in [0.1, 0.15) is 6.04 Å². The number of aliphatic carboxylic acids is 1. The summed E-state index contributed by atoms with van der Waals surface area (Å²) in [5.41, 5.74) is 3.10. The van der Waals surface area contributed by atoms with Gasteiger partial charge in [-0.2, -0.15) is 0 Å². The van der Waals surface area contributed by atoms with Crippen molar-refractivity contribution in [2.45, 2.75) is 33.7 Å². The van der Waals surface area contributed by atoms with E-state index < -0.39 is 12.0 Å². The van der Waals surface area contributed by atoms with Gasteiger partial charge in [0.15, 0.2) is 0 Å². The fraction of sp³-hybridized carbons (Fsp3) is 0.462. The predicted octanol–water partition coefficient (Wildman–Crippen LogP) is 2.82. The molecule has 0 aliphatic carbocycles. The Morgan fingerprint density at radius 3 is 2.44 bits per heavy atom. The van der Waals surface area contributed by atoms with Crippen LogP contribution in [-0.2, 0) is 4.79 Å². The molecule has 0 radical (unpaired) electrons. The van der Waals surface area contributed by atoms with E-state index in [9.17, 15) is 4.79 Å². The fourth-order valence-electron chi connectivity index (χ4n) is 1.57. The van der Waals surface area contributed by atoms with Crippen LogP contribution in [0.5, 0.6) is 0 Å². The van der Waals surface area contributed by atoms with Crippen LogP contribution in [0.25, 0.3) is 0 Å². The molecule has 0 fully saturated rings. The normalized spacial score (nSPS) is 12.6. The van der Waals surface area contributed by atoms with Crippen molar-refractivity contribution in [3.63, 3.8) is 0 Å². The molecule has 1 rings (SSSR count). The second-order valence-corrected chi connectivity index (χ2v) is 4.52. The summed E-state index contributed by atoms with van der Waals surface area (Å²) in [6, 6.07) is 5.46. The summed E-state index contributed by atoms with van der Waals surface area (Å²) in [4.78, 5) is 11.1. The van der Waals surface area contributed by atoms with E-state index in [1.54, 1.807) is 0 Å². The molecule has 0 aromatic heterocycles. The van der Waals surface area contributed by atoms with Crippen molar-refractivity contribution in [1.82, 2.24) is 0 Å². The Balaban J connectivity index is 2.93. The number of aryl methyl sites for hydroxylation is 2. The average molecular weight is 221 g/mol. The van der Waals surface area contributed by atoms with Crippen molar-refractivity contribution in [2.75, 3.05) is 5.32 Å². The maximum atomic E-state index is 11.1. The van der Waals surface area contributed by atoms with Gasteiger partial charge >= 0.3 is 5.97 Å². The highest BCUT2D eigenvalue weighted by atomic mass is 16.4. The zero-order valence-electron chi connectivity index (χ0n) is 10.2. The van der Waals surface area contributed by atoms with Crippen LogP contribution in [0.3, 0.4) is 0 Å².